The predicted molar refractivity (Wildman–Crippen MR) is 68.2 cm³/mol. The summed E-state index contributed by atoms with van der Waals surface area (Å²) < 4.78 is 0. The van der Waals surface area contributed by atoms with Gasteiger partial charge in [-0.05, 0) is 6.42 Å². The second kappa shape index (κ2) is 6.46. The minimum atomic E-state index is -1.12. The van der Waals surface area contributed by atoms with E-state index >= 15 is 0 Å². The van der Waals surface area contributed by atoms with Gasteiger partial charge in [0.25, 0.3) is 0 Å². The molecule has 96 valence electrons. The molecule has 1 heterocycles. The summed E-state index contributed by atoms with van der Waals surface area (Å²) in [4.78, 5) is 22.2. The van der Waals surface area contributed by atoms with E-state index in [2.05, 4.69) is 0 Å². The van der Waals surface area contributed by atoms with E-state index in [1.165, 1.54) is 5.38 Å². The number of hydrogen-bond donors (Lipinski definition) is 3. The lowest BCUT2D eigenvalue weighted by Crippen LogP contribution is -2.12. The van der Waals surface area contributed by atoms with Crippen LogP contribution >= 0.6 is 23.7 Å². The highest BCUT2D eigenvalue weighted by Gasteiger charge is 2.25. The molecule has 0 saturated carbocycles. The van der Waals surface area contributed by atoms with Gasteiger partial charge in [-0.15, -0.1) is 23.7 Å². The van der Waals surface area contributed by atoms with Crippen molar-refractivity contribution >= 4 is 41.4 Å². The summed E-state index contributed by atoms with van der Waals surface area (Å²) in [7, 11) is 0. The first-order valence-electron chi connectivity index (χ1n) is 4.82. The summed E-state index contributed by atoms with van der Waals surface area (Å²) >= 11 is 1.09. The Hall–Kier alpha value is -1.27. The van der Waals surface area contributed by atoms with Crippen LogP contribution in [0.25, 0.3) is 0 Å². The van der Waals surface area contributed by atoms with Crippen LogP contribution in [-0.2, 0) is 4.79 Å². The molecule has 0 radical (unpaired) electrons. The predicted octanol–water partition coefficient (Wildman–Crippen LogP) is 2.42. The van der Waals surface area contributed by atoms with Gasteiger partial charge in [-0.1, -0.05) is 13.3 Å². The third kappa shape index (κ3) is 3.34. The topological polar surface area (TPSA) is 101 Å². The van der Waals surface area contributed by atoms with Crippen LogP contribution in [0.5, 0.6) is 0 Å². The summed E-state index contributed by atoms with van der Waals surface area (Å²) in [5.41, 5.74) is 5.71. The highest BCUT2D eigenvalue weighted by Crippen LogP contribution is 2.34. The van der Waals surface area contributed by atoms with E-state index < -0.39 is 17.9 Å². The smallest absolute Gasteiger partial charge is 0.338 e. The van der Waals surface area contributed by atoms with Crippen molar-refractivity contribution in [2.75, 3.05) is 5.73 Å². The third-order valence-electron chi connectivity index (χ3n) is 2.28. The van der Waals surface area contributed by atoms with Crippen LogP contribution in [0.3, 0.4) is 0 Å². The Morgan fingerprint density at radius 1 is 1.47 bits per heavy atom. The van der Waals surface area contributed by atoms with Gasteiger partial charge in [-0.2, -0.15) is 0 Å². The molecule has 4 N–H and O–H groups in total. The fraction of sp³-hybridized carbons (Fsp3) is 0.400. The van der Waals surface area contributed by atoms with Crippen molar-refractivity contribution in [3.63, 3.8) is 0 Å². The molecule has 0 saturated heterocycles. The first-order chi connectivity index (χ1) is 7.49. The number of carbonyl (C=O) groups is 2. The molecule has 0 aliphatic heterocycles. The first kappa shape index (κ1) is 15.7. The van der Waals surface area contributed by atoms with Gasteiger partial charge < -0.3 is 15.9 Å². The van der Waals surface area contributed by atoms with Crippen LogP contribution < -0.4 is 5.73 Å². The fourth-order valence-corrected chi connectivity index (χ4v) is 2.57. The van der Waals surface area contributed by atoms with Crippen LogP contribution in [0.15, 0.2) is 5.38 Å². The Morgan fingerprint density at radius 3 is 2.41 bits per heavy atom. The van der Waals surface area contributed by atoms with Crippen LogP contribution in [0.1, 0.15) is 40.9 Å². The number of aliphatic carboxylic acids is 1. The molecule has 1 rings (SSSR count). The number of halogens is 1. The van der Waals surface area contributed by atoms with E-state index in [1.54, 1.807) is 0 Å². The number of carboxylic acids is 2. The molecule has 17 heavy (non-hydrogen) atoms. The van der Waals surface area contributed by atoms with Crippen molar-refractivity contribution < 1.29 is 19.8 Å². The summed E-state index contributed by atoms with van der Waals surface area (Å²) in [6.07, 6.45) is 1.16. The molecule has 1 aromatic rings. The van der Waals surface area contributed by atoms with Gasteiger partial charge in [0.15, 0.2) is 0 Å². The molecular weight excluding hydrogens is 266 g/mol. The molecule has 7 heteroatoms. The van der Waals surface area contributed by atoms with E-state index in [0.29, 0.717) is 17.7 Å². The number of nitrogen functional groups attached to an aromatic ring is 1. The van der Waals surface area contributed by atoms with Crippen molar-refractivity contribution in [3.05, 3.63) is 15.8 Å². The highest BCUT2D eigenvalue weighted by atomic mass is 35.5. The molecule has 5 nitrogen and oxygen atoms in total. The first-order valence-corrected chi connectivity index (χ1v) is 5.69. The molecule has 0 fully saturated rings. The molecule has 0 aliphatic carbocycles. The van der Waals surface area contributed by atoms with Crippen molar-refractivity contribution in [3.8, 4) is 0 Å². The zero-order chi connectivity index (χ0) is 12.3. The Labute approximate surface area is 109 Å². The highest BCUT2D eigenvalue weighted by molar-refractivity contribution is 7.11. The van der Waals surface area contributed by atoms with Crippen LogP contribution in [0.4, 0.5) is 5.69 Å². The number of hydrogen-bond acceptors (Lipinski definition) is 4. The molecule has 1 aromatic heterocycles. The quantitative estimate of drug-likeness (QED) is 0.768. The van der Waals surface area contributed by atoms with E-state index in [4.69, 9.17) is 15.9 Å². The monoisotopic (exact) mass is 279 g/mol. The molecule has 0 spiro atoms. The molecule has 0 bridgehead atoms. The standard InChI is InChI=1S/C10H13NO4S.ClH/c1-2-3-5(9(12)13)8-7(11)6(4-16-8)10(14)15;/h4-5H,2-3,11H2,1H3,(H,12,13)(H,14,15);1H. The van der Waals surface area contributed by atoms with Crippen molar-refractivity contribution in [2.24, 2.45) is 0 Å². The zero-order valence-corrected chi connectivity index (χ0v) is 10.8. The van der Waals surface area contributed by atoms with Gasteiger partial charge in [0.1, 0.15) is 0 Å². The average molecular weight is 280 g/mol. The maximum absolute atomic E-state index is 11.0. The molecule has 1 unspecified atom stereocenters. The largest absolute Gasteiger partial charge is 0.481 e. The Bertz CT molecular complexity index is 418. The van der Waals surface area contributed by atoms with Gasteiger partial charge in [0.2, 0.25) is 0 Å². The van der Waals surface area contributed by atoms with Crippen LogP contribution in [0, 0.1) is 0 Å². The third-order valence-corrected chi connectivity index (χ3v) is 3.39. The van der Waals surface area contributed by atoms with Gasteiger partial charge in [0, 0.05) is 10.3 Å². The van der Waals surface area contributed by atoms with Crippen molar-refractivity contribution in [2.45, 2.75) is 25.7 Å². The molecule has 0 aromatic carbocycles. The summed E-state index contributed by atoms with van der Waals surface area (Å²) in [6.45, 7) is 1.87. The second-order valence-corrected chi connectivity index (χ2v) is 4.32. The van der Waals surface area contributed by atoms with E-state index in [1.807, 2.05) is 6.92 Å². The zero-order valence-electron chi connectivity index (χ0n) is 9.17. The Kier molecular flexibility index (Phi) is 5.98. The normalized spacial score (nSPS) is 11.6. The van der Waals surface area contributed by atoms with Crippen LogP contribution in [0.2, 0.25) is 0 Å². The number of carboxylic acid groups (broad SMARTS) is 2. The lowest BCUT2D eigenvalue weighted by atomic mass is 10.0. The van der Waals surface area contributed by atoms with Gasteiger partial charge in [-0.25, -0.2) is 4.79 Å². The average Bonchev–Trinajstić information content (AvgIpc) is 2.56. The maximum atomic E-state index is 11.0. The van der Waals surface area contributed by atoms with E-state index in [-0.39, 0.29) is 23.7 Å². The number of nitrogens with two attached hydrogens (primary N) is 1. The number of anilines is 1. The van der Waals surface area contributed by atoms with E-state index in [0.717, 1.165) is 11.3 Å². The molecule has 0 amide bonds. The number of thiophene rings is 1. The minimum Gasteiger partial charge on any atom is -0.481 e. The van der Waals surface area contributed by atoms with Gasteiger partial charge >= 0.3 is 11.9 Å². The van der Waals surface area contributed by atoms with Crippen molar-refractivity contribution in [1.82, 2.24) is 0 Å². The SMILES string of the molecule is CCCC(C(=O)O)c1scc(C(=O)O)c1N.Cl. The summed E-state index contributed by atoms with van der Waals surface area (Å²) in [5.74, 6) is -2.80. The summed E-state index contributed by atoms with van der Waals surface area (Å²) in [6, 6.07) is 0. The lowest BCUT2D eigenvalue weighted by molar-refractivity contribution is -0.138. The van der Waals surface area contributed by atoms with Crippen molar-refractivity contribution in [1.29, 1.82) is 0 Å². The molecule has 1 atom stereocenters. The maximum Gasteiger partial charge on any atom is 0.338 e. The lowest BCUT2D eigenvalue weighted by Gasteiger charge is -2.10. The Balaban J connectivity index is 0.00000256. The molecule has 0 aliphatic rings. The van der Waals surface area contributed by atoms with Crippen LogP contribution in [-0.4, -0.2) is 22.2 Å². The Morgan fingerprint density at radius 2 is 2.06 bits per heavy atom. The van der Waals surface area contributed by atoms with E-state index in [9.17, 15) is 9.59 Å². The number of aromatic carboxylic acids is 1. The number of rotatable bonds is 5. The fourth-order valence-electron chi connectivity index (χ4n) is 1.47. The minimum absolute atomic E-state index is 0. The van der Waals surface area contributed by atoms with Gasteiger partial charge in [0.05, 0.1) is 17.2 Å². The molecular formula is C10H14ClNO4S. The summed E-state index contributed by atoms with van der Waals surface area (Å²) in [5, 5.41) is 19.2. The van der Waals surface area contributed by atoms with Gasteiger partial charge in [-0.3, -0.25) is 4.79 Å². The second-order valence-electron chi connectivity index (χ2n) is 3.41.